The Hall–Kier alpha value is -1.35. The summed E-state index contributed by atoms with van der Waals surface area (Å²) in [5.74, 6) is 0.0741. The molecule has 0 aliphatic rings. The van der Waals surface area contributed by atoms with Crippen molar-refractivity contribution in [2.45, 2.75) is 13.5 Å². The summed E-state index contributed by atoms with van der Waals surface area (Å²) in [7, 11) is 3.92. The zero-order valence-electron chi connectivity index (χ0n) is 8.87. The van der Waals surface area contributed by atoms with Crippen LogP contribution in [0, 0.1) is 0 Å². The number of ketones is 1. The van der Waals surface area contributed by atoms with Crippen LogP contribution in [0.4, 0.5) is 5.69 Å². The number of anilines is 1. The largest absolute Gasteiger partial charge is 0.377 e. The molecule has 1 aromatic carbocycles. The second-order valence-electron chi connectivity index (χ2n) is 3.50. The van der Waals surface area contributed by atoms with E-state index in [1.165, 1.54) is 0 Å². The zero-order valence-corrected chi connectivity index (χ0v) is 8.87. The third-order valence-electron chi connectivity index (χ3n) is 2.19. The van der Waals surface area contributed by atoms with Crippen molar-refractivity contribution in [1.82, 2.24) is 0 Å². The Labute approximate surface area is 84.5 Å². The van der Waals surface area contributed by atoms with E-state index in [2.05, 4.69) is 0 Å². The Morgan fingerprint density at radius 1 is 1.43 bits per heavy atom. The van der Waals surface area contributed by atoms with E-state index >= 15 is 0 Å². The van der Waals surface area contributed by atoms with E-state index in [9.17, 15) is 4.79 Å². The molecule has 0 atom stereocenters. The summed E-state index contributed by atoms with van der Waals surface area (Å²) < 4.78 is 0. The van der Waals surface area contributed by atoms with Gasteiger partial charge in [0.05, 0.1) is 0 Å². The highest BCUT2D eigenvalue weighted by Crippen LogP contribution is 2.19. The standard InChI is InChI=1S/C11H16N2O/c1-8(14)9-4-5-11(13(2)3)10(6-9)7-12/h4-6H,7,12H2,1-3H3. The van der Waals surface area contributed by atoms with E-state index in [4.69, 9.17) is 5.73 Å². The van der Waals surface area contributed by atoms with Gasteiger partial charge in [0.15, 0.2) is 5.78 Å². The number of carbonyl (C=O) groups is 1. The van der Waals surface area contributed by atoms with Crippen LogP contribution in [0.15, 0.2) is 18.2 Å². The Morgan fingerprint density at radius 3 is 2.50 bits per heavy atom. The first-order valence-electron chi connectivity index (χ1n) is 4.57. The lowest BCUT2D eigenvalue weighted by molar-refractivity contribution is 0.101. The summed E-state index contributed by atoms with van der Waals surface area (Å²) in [5.41, 5.74) is 8.41. The van der Waals surface area contributed by atoms with Gasteiger partial charge >= 0.3 is 0 Å². The van der Waals surface area contributed by atoms with Crippen molar-refractivity contribution in [1.29, 1.82) is 0 Å². The molecule has 0 heterocycles. The third kappa shape index (κ3) is 2.12. The molecule has 1 rings (SSSR count). The maximum absolute atomic E-state index is 11.1. The molecule has 0 spiro atoms. The van der Waals surface area contributed by atoms with Crippen molar-refractivity contribution in [3.8, 4) is 0 Å². The molecule has 0 saturated heterocycles. The molecule has 1 aromatic rings. The molecular formula is C11H16N2O. The fourth-order valence-electron chi connectivity index (χ4n) is 1.40. The van der Waals surface area contributed by atoms with Gasteiger partial charge in [-0.1, -0.05) is 0 Å². The van der Waals surface area contributed by atoms with Gasteiger partial charge in [0.25, 0.3) is 0 Å². The first kappa shape index (κ1) is 10.7. The molecule has 0 amide bonds. The molecule has 0 aromatic heterocycles. The summed E-state index contributed by atoms with van der Waals surface area (Å²) in [6.45, 7) is 2.01. The molecule has 0 aliphatic carbocycles. The monoisotopic (exact) mass is 192 g/mol. The first-order chi connectivity index (χ1) is 6.56. The summed E-state index contributed by atoms with van der Waals surface area (Å²) in [6, 6.07) is 5.62. The fraction of sp³-hybridized carbons (Fsp3) is 0.364. The van der Waals surface area contributed by atoms with Gasteiger partial charge < -0.3 is 10.6 Å². The van der Waals surface area contributed by atoms with Gasteiger partial charge in [-0.2, -0.15) is 0 Å². The summed E-state index contributed by atoms with van der Waals surface area (Å²) in [4.78, 5) is 13.1. The highest BCUT2D eigenvalue weighted by molar-refractivity contribution is 5.94. The molecule has 3 nitrogen and oxygen atoms in total. The second-order valence-corrected chi connectivity index (χ2v) is 3.50. The average molecular weight is 192 g/mol. The van der Waals surface area contributed by atoms with Gasteiger partial charge in [-0.15, -0.1) is 0 Å². The maximum Gasteiger partial charge on any atom is 0.159 e. The van der Waals surface area contributed by atoms with E-state index in [1.807, 2.05) is 37.2 Å². The number of nitrogens with two attached hydrogens (primary N) is 1. The van der Waals surface area contributed by atoms with Crippen molar-refractivity contribution in [2.24, 2.45) is 5.73 Å². The summed E-state index contributed by atoms with van der Waals surface area (Å²) in [5, 5.41) is 0. The van der Waals surface area contributed by atoms with Crippen molar-refractivity contribution in [2.75, 3.05) is 19.0 Å². The van der Waals surface area contributed by atoms with E-state index in [1.54, 1.807) is 6.92 Å². The first-order valence-corrected chi connectivity index (χ1v) is 4.57. The number of carbonyl (C=O) groups excluding carboxylic acids is 1. The Morgan fingerprint density at radius 2 is 2.07 bits per heavy atom. The molecule has 0 aliphatic heterocycles. The van der Waals surface area contributed by atoms with Crippen LogP contribution < -0.4 is 10.6 Å². The molecule has 14 heavy (non-hydrogen) atoms. The predicted molar refractivity (Wildman–Crippen MR) is 58.7 cm³/mol. The Kier molecular flexibility index (Phi) is 3.25. The molecule has 0 radical (unpaired) electrons. The van der Waals surface area contributed by atoms with Crippen molar-refractivity contribution < 1.29 is 4.79 Å². The number of hydrogen-bond acceptors (Lipinski definition) is 3. The van der Waals surface area contributed by atoms with Gasteiger partial charge in [-0.3, -0.25) is 4.79 Å². The average Bonchev–Trinajstić information content (AvgIpc) is 2.16. The second kappa shape index (κ2) is 4.24. The molecule has 2 N–H and O–H groups in total. The summed E-state index contributed by atoms with van der Waals surface area (Å²) in [6.07, 6.45) is 0. The minimum atomic E-state index is 0.0741. The van der Waals surface area contributed by atoms with Crippen LogP contribution in [0.1, 0.15) is 22.8 Å². The normalized spacial score (nSPS) is 10.0. The molecule has 0 fully saturated rings. The van der Waals surface area contributed by atoms with Crippen LogP contribution in [0.25, 0.3) is 0 Å². The van der Waals surface area contributed by atoms with Gasteiger partial charge in [0.2, 0.25) is 0 Å². The van der Waals surface area contributed by atoms with Crippen molar-refractivity contribution in [3.63, 3.8) is 0 Å². The molecule has 76 valence electrons. The van der Waals surface area contributed by atoms with Gasteiger partial charge in [0.1, 0.15) is 0 Å². The van der Waals surface area contributed by atoms with Gasteiger partial charge in [-0.05, 0) is 30.7 Å². The number of nitrogens with zero attached hydrogens (tertiary/aromatic N) is 1. The van der Waals surface area contributed by atoms with Crippen molar-refractivity contribution >= 4 is 11.5 Å². The Bertz CT molecular complexity index is 345. The van der Waals surface area contributed by atoms with Gasteiger partial charge in [-0.25, -0.2) is 0 Å². The Balaban J connectivity index is 3.18. The third-order valence-corrected chi connectivity index (χ3v) is 2.19. The minimum Gasteiger partial charge on any atom is -0.377 e. The molecule has 0 unspecified atom stereocenters. The van der Waals surface area contributed by atoms with E-state index in [0.717, 1.165) is 16.8 Å². The minimum absolute atomic E-state index is 0.0741. The highest BCUT2D eigenvalue weighted by Gasteiger charge is 2.06. The zero-order chi connectivity index (χ0) is 10.7. The number of hydrogen-bond donors (Lipinski definition) is 1. The van der Waals surface area contributed by atoms with Crippen LogP contribution in [0.2, 0.25) is 0 Å². The van der Waals surface area contributed by atoms with Crippen LogP contribution in [-0.4, -0.2) is 19.9 Å². The maximum atomic E-state index is 11.1. The molecule has 0 bridgehead atoms. The number of Topliss-reactive ketones (excluding diaryl/α,β-unsaturated/α-hetero) is 1. The lowest BCUT2D eigenvalue weighted by Crippen LogP contribution is -2.13. The van der Waals surface area contributed by atoms with Crippen LogP contribution in [-0.2, 0) is 6.54 Å². The number of rotatable bonds is 3. The lowest BCUT2D eigenvalue weighted by Gasteiger charge is -2.17. The lowest BCUT2D eigenvalue weighted by atomic mass is 10.1. The number of benzene rings is 1. The predicted octanol–water partition coefficient (Wildman–Crippen LogP) is 1.41. The highest BCUT2D eigenvalue weighted by atomic mass is 16.1. The molecular weight excluding hydrogens is 176 g/mol. The van der Waals surface area contributed by atoms with Gasteiger partial charge in [0, 0.05) is 31.9 Å². The van der Waals surface area contributed by atoms with Crippen LogP contribution in [0.3, 0.4) is 0 Å². The fourth-order valence-corrected chi connectivity index (χ4v) is 1.40. The summed E-state index contributed by atoms with van der Waals surface area (Å²) >= 11 is 0. The SMILES string of the molecule is CC(=O)c1ccc(N(C)C)c(CN)c1. The van der Waals surface area contributed by atoms with Crippen LogP contribution >= 0.6 is 0 Å². The quantitative estimate of drug-likeness (QED) is 0.737. The van der Waals surface area contributed by atoms with E-state index in [-0.39, 0.29) is 5.78 Å². The molecule has 3 heteroatoms. The van der Waals surface area contributed by atoms with Crippen LogP contribution in [0.5, 0.6) is 0 Å². The van der Waals surface area contributed by atoms with Crippen molar-refractivity contribution in [3.05, 3.63) is 29.3 Å². The molecule has 0 saturated carbocycles. The smallest absolute Gasteiger partial charge is 0.159 e. The topological polar surface area (TPSA) is 46.3 Å². The van der Waals surface area contributed by atoms with E-state index in [0.29, 0.717) is 6.54 Å². The van der Waals surface area contributed by atoms with E-state index < -0.39 is 0 Å².